The number of carbonyl (C=O) groups is 2. The smallest absolute Gasteiger partial charge is 0.323 e. The van der Waals surface area contributed by atoms with E-state index in [9.17, 15) is 18.4 Å². The summed E-state index contributed by atoms with van der Waals surface area (Å²) in [7, 11) is 3.36. The average molecular weight is 463 g/mol. The van der Waals surface area contributed by atoms with Gasteiger partial charge < -0.3 is 15.5 Å². The van der Waals surface area contributed by atoms with Gasteiger partial charge in [-0.25, -0.2) is 13.6 Å². The number of rotatable bonds is 5. The van der Waals surface area contributed by atoms with E-state index in [1.54, 1.807) is 44.4 Å². The number of hydrogen-bond donors (Lipinski definition) is 3. The van der Waals surface area contributed by atoms with Gasteiger partial charge in [0.05, 0.1) is 5.69 Å². The SMILES string of the molecule is CN(C)C(=O)c1ccc(-c2ccc(NC(=O)Nc3cc(F)cc(F)c3)c(-c3nn[nH]n3)c2)cc1. The van der Waals surface area contributed by atoms with Crippen LogP contribution in [0.3, 0.4) is 0 Å². The topological polar surface area (TPSA) is 116 Å². The van der Waals surface area contributed by atoms with Gasteiger partial charge in [0.15, 0.2) is 0 Å². The van der Waals surface area contributed by atoms with E-state index in [2.05, 4.69) is 31.3 Å². The van der Waals surface area contributed by atoms with Crippen molar-refractivity contribution in [1.29, 1.82) is 0 Å². The molecule has 4 aromatic rings. The maximum Gasteiger partial charge on any atom is 0.323 e. The lowest BCUT2D eigenvalue weighted by atomic mass is 10.00. The Morgan fingerprint density at radius 1 is 0.882 bits per heavy atom. The molecule has 0 saturated heterocycles. The van der Waals surface area contributed by atoms with Crippen LogP contribution in [0.25, 0.3) is 22.5 Å². The number of H-pyrrole nitrogens is 1. The van der Waals surface area contributed by atoms with E-state index < -0.39 is 17.7 Å². The lowest BCUT2D eigenvalue weighted by molar-refractivity contribution is 0.0827. The maximum atomic E-state index is 13.4. The molecule has 0 radical (unpaired) electrons. The highest BCUT2D eigenvalue weighted by Gasteiger charge is 2.15. The van der Waals surface area contributed by atoms with Crippen LogP contribution in [0.2, 0.25) is 0 Å². The van der Waals surface area contributed by atoms with E-state index in [0.29, 0.717) is 22.9 Å². The van der Waals surface area contributed by atoms with E-state index >= 15 is 0 Å². The number of amides is 3. The minimum Gasteiger partial charge on any atom is -0.345 e. The lowest BCUT2D eigenvalue weighted by Crippen LogP contribution is -2.21. The fourth-order valence-corrected chi connectivity index (χ4v) is 3.27. The molecule has 0 aliphatic rings. The summed E-state index contributed by atoms with van der Waals surface area (Å²) in [5, 5.41) is 18.9. The van der Waals surface area contributed by atoms with Crippen LogP contribution in [0, 0.1) is 11.6 Å². The van der Waals surface area contributed by atoms with Crippen molar-refractivity contribution in [3.63, 3.8) is 0 Å². The van der Waals surface area contributed by atoms with Gasteiger partial charge in [0.25, 0.3) is 5.91 Å². The number of tetrazole rings is 1. The van der Waals surface area contributed by atoms with Gasteiger partial charge in [-0.1, -0.05) is 18.2 Å². The molecule has 11 heteroatoms. The number of halogens is 2. The molecular formula is C23H19F2N7O2. The number of hydrogen-bond acceptors (Lipinski definition) is 5. The molecule has 0 aliphatic carbocycles. The zero-order valence-corrected chi connectivity index (χ0v) is 18.1. The predicted molar refractivity (Wildman–Crippen MR) is 122 cm³/mol. The Morgan fingerprint density at radius 3 is 2.18 bits per heavy atom. The Hall–Kier alpha value is -4.67. The average Bonchev–Trinajstić information content (AvgIpc) is 3.33. The molecule has 3 amide bonds. The Balaban J connectivity index is 1.61. The van der Waals surface area contributed by atoms with E-state index in [1.807, 2.05) is 12.1 Å². The molecule has 0 aliphatic heterocycles. The molecule has 0 fully saturated rings. The largest absolute Gasteiger partial charge is 0.345 e. The first kappa shape index (κ1) is 22.5. The maximum absolute atomic E-state index is 13.4. The molecule has 4 rings (SSSR count). The number of aromatic nitrogens is 4. The van der Waals surface area contributed by atoms with Crippen LogP contribution in [0.4, 0.5) is 25.0 Å². The third kappa shape index (κ3) is 5.04. The number of aromatic amines is 1. The summed E-state index contributed by atoms with van der Waals surface area (Å²) in [6, 6.07) is 14.2. The van der Waals surface area contributed by atoms with Crippen LogP contribution in [0.1, 0.15) is 10.4 Å². The van der Waals surface area contributed by atoms with Crippen molar-refractivity contribution >= 4 is 23.3 Å². The van der Waals surface area contributed by atoms with Crippen LogP contribution in [0.15, 0.2) is 60.7 Å². The summed E-state index contributed by atoms with van der Waals surface area (Å²) in [4.78, 5) is 26.1. The van der Waals surface area contributed by atoms with Crippen molar-refractivity contribution in [2.75, 3.05) is 24.7 Å². The van der Waals surface area contributed by atoms with Gasteiger partial charge in [-0.2, -0.15) is 5.21 Å². The summed E-state index contributed by atoms with van der Waals surface area (Å²) in [5.41, 5.74) is 2.92. The number of nitrogens with zero attached hydrogens (tertiary/aromatic N) is 4. The van der Waals surface area contributed by atoms with Crippen molar-refractivity contribution < 1.29 is 18.4 Å². The Labute approximate surface area is 192 Å². The molecule has 3 aromatic carbocycles. The third-order valence-electron chi connectivity index (χ3n) is 4.85. The Kier molecular flexibility index (Phi) is 6.26. The normalized spacial score (nSPS) is 10.6. The number of carbonyl (C=O) groups excluding carboxylic acids is 2. The number of nitrogens with one attached hydrogen (secondary N) is 3. The summed E-state index contributed by atoms with van der Waals surface area (Å²) < 4.78 is 26.8. The highest BCUT2D eigenvalue weighted by molar-refractivity contribution is 6.02. The quantitative estimate of drug-likeness (QED) is 0.411. The van der Waals surface area contributed by atoms with E-state index in [4.69, 9.17) is 0 Å². The van der Waals surface area contributed by atoms with Crippen LogP contribution in [-0.4, -0.2) is 51.6 Å². The Morgan fingerprint density at radius 2 is 1.56 bits per heavy atom. The fraction of sp³-hybridized carbons (Fsp3) is 0.0870. The van der Waals surface area contributed by atoms with Crippen LogP contribution < -0.4 is 10.6 Å². The zero-order chi connectivity index (χ0) is 24.2. The second-order valence-electron chi connectivity index (χ2n) is 7.51. The molecule has 172 valence electrons. The first-order chi connectivity index (χ1) is 16.3. The monoisotopic (exact) mass is 463 g/mol. The molecular weight excluding hydrogens is 444 g/mol. The molecule has 1 heterocycles. The summed E-state index contributed by atoms with van der Waals surface area (Å²) in [6.45, 7) is 0. The first-order valence-corrected chi connectivity index (χ1v) is 10.0. The third-order valence-corrected chi connectivity index (χ3v) is 4.85. The molecule has 1 aromatic heterocycles. The van der Waals surface area contributed by atoms with Crippen molar-refractivity contribution in [2.24, 2.45) is 0 Å². The molecule has 34 heavy (non-hydrogen) atoms. The number of benzene rings is 3. The minimum atomic E-state index is -0.814. The summed E-state index contributed by atoms with van der Waals surface area (Å²) in [5.74, 6) is -1.51. The first-order valence-electron chi connectivity index (χ1n) is 10.0. The minimum absolute atomic E-state index is 0.0416. The summed E-state index contributed by atoms with van der Waals surface area (Å²) >= 11 is 0. The van der Waals surface area contributed by atoms with Crippen LogP contribution in [0.5, 0.6) is 0 Å². The van der Waals surface area contributed by atoms with Gasteiger partial charge in [0, 0.05) is 37.0 Å². The number of urea groups is 1. The van der Waals surface area contributed by atoms with Crippen LogP contribution >= 0.6 is 0 Å². The number of anilines is 2. The van der Waals surface area contributed by atoms with Gasteiger partial charge in [0.1, 0.15) is 11.6 Å². The van der Waals surface area contributed by atoms with Crippen molar-refractivity contribution in [1.82, 2.24) is 25.5 Å². The highest BCUT2D eigenvalue weighted by atomic mass is 19.1. The molecule has 9 nitrogen and oxygen atoms in total. The predicted octanol–water partition coefficient (Wildman–Crippen LogP) is 4.16. The van der Waals surface area contributed by atoms with E-state index in [1.165, 1.54) is 4.90 Å². The molecule has 0 unspecified atom stereocenters. The van der Waals surface area contributed by atoms with Gasteiger partial charge in [-0.05, 0) is 52.7 Å². The molecule has 3 N–H and O–H groups in total. The van der Waals surface area contributed by atoms with Gasteiger partial charge in [0.2, 0.25) is 5.82 Å². The molecule has 0 saturated carbocycles. The second kappa shape index (κ2) is 9.45. The van der Waals surface area contributed by atoms with Gasteiger partial charge in [-0.3, -0.25) is 4.79 Å². The van der Waals surface area contributed by atoms with Gasteiger partial charge >= 0.3 is 6.03 Å². The van der Waals surface area contributed by atoms with Gasteiger partial charge in [-0.15, -0.1) is 10.2 Å². The summed E-state index contributed by atoms with van der Waals surface area (Å²) in [6.07, 6.45) is 0. The zero-order valence-electron chi connectivity index (χ0n) is 18.1. The fourth-order valence-electron chi connectivity index (χ4n) is 3.27. The van der Waals surface area contributed by atoms with Crippen LogP contribution in [-0.2, 0) is 0 Å². The highest BCUT2D eigenvalue weighted by Crippen LogP contribution is 2.31. The van der Waals surface area contributed by atoms with E-state index in [-0.39, 0.29) is 17.4 Å². The molecule has 0 spiro atoms. The second-order valence-corrected chi connectivity index (χ2v) is 7.51. The molecule has 0 bridgehead atoms. The van der Waals surface area contributed by atoms with E-state index in [0.717, 1.165) is 23.3 Å². The Bertz CT molecular complexity index is 1320. The van der Waals surface area contributed by atoms with Crippen molar-refractivity contribution in [2.45, 2.75) is 0 Å². The lowest BCUT2D eigenvalue weighted by Gasteiger charge is -2.13. The molecule has 0 atom stereocenters. The van der Waals surface area contributed by atoms with Crippen molar-refractivity contribution in [3.05, 3.63) is 77.9 Å². The van der Waals surface area contributed by atoms with Crippen molar-refractivity contribution in [3.8, 4) is 22.5 Å². The standard InChI is InChI=1S/C23H19F2N7O2/c1-32(2)22(33)14-5-3-13(4-6-14)15-7-8-20(19(9-15)21-28-30-31-29-21)27-23(34)26-18-11-16(24)10-17(25)12-18/h3-12H,1-2H3,(H2,26,27,34)(H,28,29,30,31).